The van der Waals surface area contributed by atoms with Crippen LogP contribution in [-0.4, -0.2) is 48.4 Å². The zero-order chi connectivity index (χ0) is 13.7. The number of hydrogen-bond donors (Lipinski definition) is 3. The van der Waals surface area contributed by atoms with Crippen LogP contribution in [0.4, 0.5) is 10.6 Å². The van der Waals surface area contributed by atoms with Crippen LogP contribution in [0.3, 0.4) is 0 Å². The smallest absolute Gasteiger partial charge is 0.315 e. The van der Waals surface area contributed by atoms with Crippen molar-refractivity contribution in [2.24, 2.45) is 0 Å². The summed E-state index contributed by atoms with van der Waals surface area (Å²) in [6, 6.07) is 3.41. The highest BCUT2D eigenvalue weighted by Crippen LogP contribution is 2.25. The number of anilines is 1. The van der Waals surface area contributed by atoms with Crippen molar-refractivity contribution >= 4 is 23.4 Å². The van der Waals surface area contributed by atoms with E-state index in [1.165, 1.54) is 0 Å². The molecule has 1 atom stereocenters. The molecule has 104 valence electrons. The number of urea groups is 1. The Morgan fingerprint density at radius 1 is 1.63 bits per heavy atom. The lowest BCUT2D eigenvalue weighted by atomic mass is 10.3. The summed E-state index contributed by atoms with van der Waals surface area (Å²) in [5.74, 6) is 0.754. The van der Waals surface area contributed by atoms with Gasteiger partial charge in [0.1, 0.15) is 5.82 Å². The summed E-state index contributed by atoms with van der Waals surface area (Å²) in [4.78, 5) is 17.8. The second-order valence-corrected chi connectivity index (χ2v) is 4.77. The minimum atomic E-state index is -0.256. The fourth-order valence-corrected chi connectivity index (χ4v) is 2.33. The second kappa shape index (κ2) is 6.58. The average Bonchev–Trinajstić information content (AvgIpc) is 2.85. The summed E-state index contributed by atoms with van der Waals surface area (Å²) in [6.45, 7) is 1.69. The third-order valence-electron chi connectivity index (χ3n) is 2.96. The Morgan fingerprint density at radius 2 is 2.47 bits per heavy atom. The number of pyridine rings is 1. The van der Waals surface area contributed by atoms with Gasteiger partial charge < -0.3 is 20.6 Å². The van der Waals surface area contributed by atoms with E-state index in [0.717, 1.165) is 18.8 Å². The predicted octanol–water partition coefficient (Wildman–Crippen LogP) is 0.605. The van der Waals surface area contributed by atoms with E-state index in [1.54, 1.807) is 18.3 Å². The summed E-state index contributed by atoms with van der Waals surface area (Å²) in [6.07, 6.45) is 2.55. The van der Waals surface area contributed by atoms with E-state index < -0.39 is 0 Å². The number of nitrogens with zero attached hydrogens (tertiary/aromatic N) is 2. The molecule has 19 heavy (non-hydrogen) atoms. The van der Waals surface area contributed by atoms with Gasteiger partial charge in [-0.05, 0) is 18.6 Å². The van der Waals surface area contributed by atoms with Gasteiger partial charge in [0.05, 0.1) is 11.6 Å². The van der Waals surface area contributed by atoms with Crippen LogP contribution in [0, 0.1) is 0 Å². The van der Waals surface area contributed by atoms with Crippen LogP contribution >= 0.6 is 11.6 Å². The van der Waals surface area contributed by atoms with Gasteiger partial charge in [-0.1, -0.05) is 11.6 Å². The molecule has 2 amide bonds. The number of carbonyl (C=O) groups excluding carboxylic acids is 1. The van der Waals surface area contributed by atoms with Crippen LogP contribution in [-0.2, 0) is 0 Å². The van der Waals surface area contributed by atoms with Crippen LogP contribution in [0.2, 0.25) is 5.02 Å². The van der Waals surface area contributed by atoms with Crippen LogP contribution in [0.1, 0.15) is 6.42 Å². The van der Waals surface area contributed by atoms with E-state index >= 15 is 0 Å². The number of hydrogen-bond acceptors (Lipinski definition) is 4. The lowest BCUT2D eigenvalue weighted by molar-refractivity contribution is 0.231. The van der Waals surface area contributed by atoms with Gasteiger partial charge in [-0.2, -0.15) is 0 Å². The first-order valence-corrected chi connectivity index (χ1v) is 6.59. The monoisotopic (exact) mass is 284 g/mol. The Kier molecular flexibility index (Phi) is 4.81. The quantitative estimate of drug-likeness (QED) is 0.757. The number of aromatic nitrogens is 1. The van der Waals surface area contributed by atoms with Crippen LogP contribution in [0.25, 0.3) is 0 Å². The highest BCUT2D eigenvalue weighted by molar-refractivity contribution is 6.32. The van der Waals surface area contributed by atoms with Gasteiger partial charge in [0.25, 0.3) is 0 Å². The molecule has 0 aromatic carbocycles. The van der Waals surface area contributed by atoms with Crippen molar-refractivity contribution in [1.82, 2.24) is 15.6 Å². The fraction of sp³-hybridized carbons (Fsp3) is 0.500. The van der Waals surface area contributed by atoms with Crippen molar-refractivity contribution in [3.8, 4) is 0 Å². The second-order valence-electron chi connectivity index (χ2n) is 4.36. The molecule has 1 aromatic heterocycles. The van der Waals surface area contributed by atoms with E-state index in [-0.39, 0.29) is 25.2 Å². The maximum Gasteiger partial charge on any atom is 0.315 e. The molecule has 3 N–H and O–H groups in total. The molecule has 1 fully saturated rings. The Morgan fingerprint density at radius 3 is 3.21 bits per heavy atom. The first-order valence-electron chi connectivity index (χ1n) is 6.21. The SMILES string of the molecule is O=C(NCCO)NC1CCN(c2ncccc2Cl)C1. The lowest BCUT2D eigenvalue weighted by Gasteiger charge is -2.19. The molecule has 0 bridgehead atoms. The number of nitrogens with one attached hydrogen (secondary N) is 2. The van der Waals surface area contributed by atoms with Gasteiger partial charge in [-0.15, -0.1) is 0 Å². The summed E-state index contributed by atoms with van der Waals surface area (Å²) < 4.78 is 0. The van der Waals surface area contributed by atoms with E-state index in [0.29, 0.717) is 11.6 Å². The van der Waals surface area contributed by atoms with Crippen molar-refractivity contribution in [2.75, 3.05) is 31.1 Å². The third-order valence-corrected chi connectivity index (χ3v) is 3.25. The summed E-state index contributed by atoms with van der Waals surface area (Å²) >= 11 is 6.09. The van der Waals surface area contributed by atoms with Crippen molar-refractivity contribution in [3.05, 3.63) is 23.4 Å². The number of aliphatic hydroxyl groups excluding tert-OH is 1. The van der Waals surface area contributed by atoms with Gasteiger partial charge >= 0.3 is 6.03 Å². The molecule has 2 heterocycles. The Labute approximate surface area is 116 Å². The Bertz CT molecular complexity index is 443. The topological polar surface area (TPSA) is 77.5 Å². The van der Waals surface area contributed by atoms with Gasteiger partial charge in [0.2, 0.25) is 0 Å². The largest absolute Gasteiger partial charge is 0.395 e. The molecule has 6 nitrogen and oxygen atoms in total. The summed E-state index contributed by atoms with van der Waals surface area (Å²) in [5.41, 5.74) is 0. The molecule has 1 unspecified atom stereocenters. The summed E-state index contributed by atoms with van der Waals surface area (Å²) in [7, 11) is 0. The van der Waals surface area contributed by atoms with E-state index in [2.05, 4.69) is 20.5 Å². The van der Waals surface area contributed by atoms with Crippen molar-refractivity contribution < 1.29 is 9.90 Å². The van der Waals surface area contributed by atoms with Crippen molar-refractivity contribution in [3.63, 3.8) is 0 Å². The number of halogens is 1. The van der Waals surface area contributed by atoms with E-state index in [1.807, 2.05) is 0 Å². The number of carbonyl (C=O) groups is 1. The molecule has 7 heteroatoms. The van der Waals surface area contributed by atoms with Gasteiger partial charge in [-0.25, -0.2) is 9.78 Å². The lowest BCUT2D eigenvalue weighted by Crippen LogP contribution is -2.44. The number of rotatable bonds is 4. The van der Waals surface area contributed by atoms with Gasteiger partial charge in [0, 0.05) is 31.9 Å². The standard InChI is InChI=1S/C12H17ClN4O2/c13-10-2-1-4-14-11(10)17-6-3-9(8-17)16-12(19)15-5-7-18/h1-2,4,9,18H,3,5-8H2,(H2,15,16,19). The average molecular weight is 285 g/mol. The Hall–Kier alpha value is -1.53. The number of amides is 2. The molecule has 0 spiro atoms. The molecule has 0 saturated carbocycles. The molecule has 1 aromatic rings. The Balaban J connectivity index is 1.86. The predicted molar refractivity (Wildman–Crippen MR) is 73.5 cm³/mol. The highest BCUT2D eigenvalue weighted by atomic mass is 35.5. The minimum Gasteiger partial charge on any atom is -0.395 e. The van der Waals surface area contributed by atoms with E-state index in [4.69, 9.17) is 16.7 Å². The first-order chi connectivity index (χ1) is 9.20. The van der Waals surface area contributed by atoms with E-state index in [9.17, 15) is 4.79 Å². The minimum absolute atomic E-state index is 0.0618. The number of aliphatic hydroxyl groups is 1. The van der Waals surface area contributed by atoms with Crippen LogP contribution in [0.5, 0.6) is 0 Å². The van der Waals surface area contributed by atoms with Crippen molar-refractivity contribution in [2.45, 2.75) is 12.5 Å². The van der Waals surface area contributed by atoms with Gasteiger partial charge in [0.15, 0.2) is 0 Å². The fourth-order valence-electron chi connectivity index (χ4n) is 2.09. The molecular weight excluding hydrogens is 268 g/mol. The maximum absolute atomic E-state index is 11.5. The zero-order valence-electron chi connectivity index (χ0n) is 10.5. The van der Waals surface area contributed by atoms with Crippen molar-refractivity contribution in [1.29, 1.82) is 0 Å². The van der Waals surface area contributed by atoms with Crippen LogP contribution in [0.15, 0.2) is 18.3 Å². The zero-order valence-corrected chi connectivity index (χ0v) is 11.2. The molecule has 0 aliphatic carbocycles. The first kappa shape index (κ1) is 13.9. The molecular formula is C12H17ClN4O2. The highest BCUT2D eigenvalue weighted by Gasteiger charge is 2.25. The molecule has 0 radical (unpaired) electrons. The molecule has 1 aliphatic rings. The summed E-state index contributed by atoms with van der Waals surface area (Å²) in [5, 5.41) is 14.7. The molecule has 1 saturated heterocycles. The van der Waals surface area contributed by atoms with Crippen LogP contribution < -0.4 is 15.5 Å². The molecule has 1 aliphatic heterocycles. The van der Waals surface area contributed by atoms with Gasteiger partial charge in [-0.3, -0.25) is 0 Å². The normalized spacial score (nSPS) is 18.4. The molecule has 2 rings (SSSR count). The maximum atomic E-state index is 11.5. The third kappa shape index (κ3) is 3.71.